The number of amides is 2. The Morgan fingerprint density at radius 2 is 1.69 bits per heavy atom. The Hall–Kier alpha value is -3.47. The van der Waals surface area contributed by atoms with Crippen LogP contribution in [-0.2, 0) is 22.6 Å². The minimum absolute atomic E-state index is 0.0495. The van der Waals surface area contributed by atoms with Crippen molar-refractivity contribution in [2.24, 2.45) is 5.92 Å². The van der Waals surface area contributed by atoms with Crippen LogP contribution in [0.5, 0.6) is 0 Å². The number of nitrogens with one attached hydrogen (secondary N) is 1. The van der Waals surface area contributed by atoms with Crippen LogP contribution in [-0.4, -0.2) is 11.8 Å². The number of hydrogen-bond donors (Lipinski definition) is 1. The molecular weight excluding hydrogens is 403 g/mol. The second-order valence-electron chi connectivity index (χ2n) is 8.37. The lowest BCUT2D eigenvalue weighted by Gasteiger charge is -2.23. The lowest BCUT2D eigenvalue weighted by atomic mass is 10.1. The minimum atomic E-state index is -0.313. The van der Waals surface area contributed by atoms with Gasteiger partial charge in [-0.25, -0.2) is 4.39 Å². The van der Waals surface area contributed by atoms with Crippen molar-refractivity contribution in [2.45, 2.75) is 38.8 Å². The molecule has 5 heteroatoms. The van der Waals surface area contributed by atoms with Crippen LogP contribution in [0.1, 0.15) is 42.5 Å². The number of benzene rings is 3. The fourth-order valence-electron chi connectivity index (χ4n) is 3.76. The summed E-state index contributed by atoms with van der Waals surface area (Å²) in [4.78, 5) is 27.1. The van der Waals surface area contributed by atoms with Crippen molar-refractivity contribution < 1.29 is 14.0 Å². The Labute approximate surface area is 188 Å². The van der Waals surface area contributed by atoms with E-state index in [0.717, 1.165) is 35.2 Å². The number of rotatable bonds is 8. The summed E-state index contributed by atoms with van der Waals surface area (Å²) in [7, 11) is 0. The largest absolute Gasteiger partial charge is 0.349 e. The van der Waals surface area contributed by atoms with Gasteiger partial charge in [-0.1, -0.05) is 54.6 Å². The van der Waals surface area contributed by atoms with Crippen LogP contribution < -0.4 is 10.2 Å². The van der Waals surface area contributed by atoms with Gasteiger partial charge in [-0.3, -0.25) is 9.59 Å². The highest BCUT2D eigenvalue weighted by atomic mass is 19.1. The molecule has 0 bridgehead atoms. The number of hydrogen-bond acceptors (Lipinski definition) is 2. The lowest BCUT2D eigenvalue weighted by molar-refractivity contribution is -0.121. The molecule has 3 aromatic rings. The Balaban J connectivity index is 1.43. The number of anilines is 1. The van der Waals surface area contributed by atoms with Crippen LogP contribution in [0.15, 0.2) is 78.9 Å². The molecule has 0 spiro atoms. The van der Waals surface area contributed by atoms with Gasteiger partial charge >= 0.3 is 0 Å². The molecule has 0 heterocycles. The van der Waals surface area contributed by atoms with Gasteiger partial charge in [0.15, 0.2) is 0 Å². The molecule has 32 heavy (non-hydrogen) atoms. The van der Waals surface area contributed by atoms with E-state index in [9.17, 15) is 14.0 Å². The maximum absolute atomic E-state index is 13.6. The monoisotopic (exact) mass is 430 g/mol. The van der Waals surface area contributed by atoms with Crippen LogP contribution in [0.2, 0.25) is 0 Å². The van der Waals surface area contributed by atoms with E-state index in [1.165, 1.54) is 12.1 Å². The average Bonchev–Trinajstić information content (AvgIpc) is 3.64. The van der Waals surface area contributed by atoms with Crippen LogP contribution in [0, 0.1) is 11.7 Å². The second-order valence-corrected chi connectivity index (χ2v) is 8.37. The molecule has 1 fully saturated rings. The summed E-state index contributed by atoms with van der Waals surface area (Å²) < 4.78 is 13.6. The van der Waals surface area contributed by atoms with Gasteiger partial charge in [0.1, 0.15) is 5.82 Å². The molecule has 1 N–H and O–H groups in total. The highest BCUT2D eigenvalue weighted by Gasteiger charge is 2.34. The fraction of sp³-hybridized carbons (Fsp3) is 0.259. The molecular formula is C27H27FN2O2. The highest BCUT2D eigenvalue weighted by molar-refractivity contribution is 5.96. The van der Waals surface area contributed by atoms with Crippen molar-refractivity contribution in [1.29, 1.82) is 0 Å². The maximum atomic E-state index is 13.6. The molecule has 0 radical (unpaired) electrons. The Kier molecular flexibility index (Phi) is 6.64. The molecule has 0 aliphatic heterocycles. The zero-order valence-electron chi connectivity index (χ0n) is 18.1. The molecule has 2 amide bonds. The Morgan fingerprint density at radius 1 is 0.969 bits per heavy atom. The third kappa shape index (κ3) is 5.61. The third-order valence-corrected chi connectivity index (χ3v) is 5.71. The topological polar surface area (TPSA) is 49.4 Å². The van der Waals surface area contributed by atoms with Gasteiger partial charge in [-0.15, -0.1) is 0 Å². The third-order valence-electron chi connectivity index (χ3n) is 5.71. The van der Waals surface area contributed by atoms with E-state index in [4.69, 9.17) is 0 Å². The first-order valence-corrected chi connectivity index (χ1v) is 11.0. The van der Waals surface area contributed by atoms with Gasteiger partial charge in [0.05, 0.1) is 19.0 Å². The van der Waals surface area contributed by atoms with E-state index in [-0.39, 0.29) is 36.0 Å². The minimum Gasteiger partial charge on any atom is -0.349 e. The Bertz CT molecular complexity index is 1080. The van der Waals surface area contributed by atoms with E-state index < -0.39 is 0 Å². The van der Waals surface area contributed by atoms with Gasteiger partial charge in [0.2, 0.25) is 11.8 Å². The molecule has 4 rings (SSSR count). The van der Waals surface area contributed by atoms with Crippen LogP contribution in [0.3, 0.4) is 0 Å². The van der Waals surface area contributed by atoms with Crippen molar-refractivity contribution >= 4 is 17.5 Å². The summed E-state index contributed by atoms with van der Waals surface area (Å²) in [6, 6.07) is 23.6. The van der Waals surface area contributed by atoms with Gasteiger partial charge in [-0.2, -0.15) is 0 Å². The summed E-state index contributed by atoms with van der Waals surface area (Å²) >= 11 is 0. The van der Waals surface area contributed by atoms with E-state index in [1.807, 2.05) is 67.6 Å². The molecule has 1 atom stereocenters. The van der Waals surface area contributed by atoms with Gasteiger partial charge in [-0.05, 0) is 60.7 Å². The number of nitrogens with zero attached hydrogens (tertiary/aromatic N) is 1. The van der Waals surface area contributed by atoms with Crippen molar-refractivity contribution in [3.05, 3.63) is 101 Å². The summed E-state index contributed by atoms with van der Waals surface area (Å²) in [6.07, 6.45) is 2.06. The van der Waals surface area contributed by atoms with Crippen LogP contribution in [0.4, 0.5) is 10.1 Å². The van der Waals surface area contributed by atoms with E-state index >= 15 is 0 Å². The number of halogens is 1. The molecule has 1 saturated carbocycles. The first-order valence-electron chi connectivity index (χ1n) is 11.0. The zero-order valence-corrected chi connectivity index (χ0v) is 18.1. The molecule has 1 aliphatic rings. The van der Waals surface area contributed by atoms with Gasteiger partial charge < -0.3 is 10.2 Å². The van der Waals surface area contributed by atoms with Crippen molar-refractivity contribution in [2.75, 3.05) is 4.90 Å². The summed E-state index contributed by atoms with van der Waals surface area (Å²) in [5.41, 5.74) is 3.43. The standard InChI is InChI=1S/C27H27FN2O2/c1-19(22-7-3-2-4-8-22)29-26(31)17-20-10-14-25(15-11-20)30(27(32)23-12-13-23)18-21-6-5-9-24(28)16-21/h2-11,14-16,19,23H,12-13,17-18H2,1H3,(H,29,31). The first kappa shape index (κ1) is 21.8. The predicted octanol–water partition coefficient (Wildman–Crippen LogP) is 5.19. The summed E-state index contributed by atoms with van der Waals surface area (Å²) in [6.45, 7) is 2.28. The number of carbonyl (C=O) groups excluding carboxylic acids is 2. The molecule has 0 saturated heterocycles. The zero-order chi connectivity index (χ0) is 22.5. The predicted molar refractivity (Wildman–Crippen MR) is 123 cm³/mol. The molecule has 1 aliphatic carbocycles. The maximum Gasteiger partial charge on any atom is 0.230 e. The van der Waals surface area contributed by atoms with Crippen molar-refractivity contribution in [1.82, 2.24) is 5.32 Å². The average molecular weight is 431 g/mol. The molecule has 3 aromatic carbocycles. The smallest absolute Gasteiger partial charge is 0.230 e. The van der Waals surface area contributed by atoms with E-state index in [0.29, 0.717) is 6.54 Å². The Morgan fingerprint density at radius 3 is 2.34 bits per heavy atom. The SMILES string of the molecule is CC(NC(=O)Cc1ccc(N(Cc2cccc(F)c2)C(=O)C2CC2)cc1)c1ccccc1. The van der Waals surface area contributed by atoms with Crippen LogP contribution >= 0.6 is 0 Å². The van der Waals surface area contributed by atoms with E-state index in [2.05, 4.69) is 5.32 Å². The van der Waals surface area contributed by atoms with Gasteiger partial charge in [0, 0.05) is 11.6 Å². The van der Waals surface area contributed by atoms with Crippen LogP contribution in [0.25, 0.3) is 0 Å². The molecule has 4 nitrogen and oxygen atoms in total. The fourth-order valence-corrected chi connectivity index (χ4v) is 3.76. The lowest BCUT2D eigenvalue weighted by Crippen LogP contribution is -2.31. The molecule has 164 valence electrons. The van der Waals surface area contributed by atoms with Crippen molar-refractivity contribution in [3.8, 4) is 0 Å². The molecule has 0 aromatic heterocycles. The highest BCUT2D eigenvalue weighted by Crippen LogP contribution is 2.33. The summed E-state index contributed by atoms with van der Waals surface area (Å²) in [5, 5.41) is 3.02. The van der Waals surface area contributed by atoms with Crippen molar-refractivity contribution in [3.63, 3.8) is 0 Å². The quantitative estimate of drug-likeness (QED) is 0.535. The summed E-state index contributed by atoms with van der Waals surface area (Å²) in [5.74, 6) is -0.253. The normalized spacial score (nSPS) is 13.9. The molecule has 1 unspecified atom stereocenters. The van der Waals surface area contributed by atoms with E-state index in [1.54, 1.807) is 11.0 Å². The van der Waals surface area contributed by atoms with Gasteiger partial charge in [0.25, 0.3) is 0 Å². The number of carbonyl (C=O) groups is 2. The first-order chi connectivity index (χ1) is 15.5. The second kappa shape index (κ2) is 9.77.